The predicted octanol–water partition coefficient (Wildman–Crippen LogP) is 0.637. The highest BCUT2D eigenvalue weighted by molar-refractivity contribution is 7.80. The van der Waals surface area contributed by atoms with Crippen LogP contribution >= 0.6 is 12.6 Å². The van der Waals surface area contributed by atoms with Crippen molar-refractivity contribution >= 4 is 24.6 Å². The molecule has 1 N–H and O–H groups in total. The first-order chi connectivity index (χ1) is 6.20. The molecule has 0 radical (unpaired) electrons. The van der Waals surface area contributed by atoms with E-state index in [1.807, 2.05) is 6.92 Å². The van der Waals surface area contributed by atoms with Gasteiger partial charge >= 0.3 is 6.03 Å². The molecule has 1 saturated heterocycles. The maximum absolute atomic E-state index is 11.2. The van der Waals surface area contributed by atoms with Crippen LogP contribution in [0.15, 0.2) is 0 Å². The molecule has 0 aliphatic carbocycles. The van der Waals surface area contributed by atoms with Crippen molar-refractivity contribution in [1.82, 2.24) is 10.2 Å². The molecule has 4 nitrogen and oxygen atoms in total. The van der Waals surface area contributed by atoms with E-state index in [1.54, 1.807) is 4.90 Å². The van der Waals surface area contributed by atoms with Crippen molar-refractivity contribution in [3.63, 3.8) is 0 Å². The van der Waals surface area contributed by atoms with E-state index in [0.29, 0.717) is 12.3 Å². The zero-order chi connectivity index (χ0) is 9.84. The Labute approximate surface area is 83.1 Å². The summed E-state index contributed by atoms with van der Waals surface area (Å²) in [5.41, 5.74) is 0. The third kappa shape index (κ3) is 2.15. The van der Waals surface area contributed by atoms with Crippen LogP contribution in [0.1, 0.15) is 19.8 Å². The van der Waals surface area contributed by atoms with Crippen LogP contribution in [0.5, 0.6) is 0 Å². The van der Waals surface area contributed by atoms with Crippen molar-refractivity contribution in [3.05, 3.63) is 0 Å². The van der Waals surface area contributed by atoms with Gasteiger partial charge in [0.25, 0.3) is 5.91 Å². The Balaban J connectivity index is 2.58. The van der Waals surface area contributed by atoms with Crippen molar-refractivity contribution in [2.24, 2.45) is 0 Å². The number of nitrogens with one attached hydrogen (secondary N) is 1. The first-order valence-corrected chi connectivity index (χ1v) is 5.06. The molecular formula is C8H14N2O2S. The topological polar surface area (TPSA) is 49.4 Å². The standard InChI is InChI=1S/C8H14N2O2S/c1-2-3-4-10-6(5-13)7(11)9-8(10)12/h6,13H,2-5H2,1H3,(H,9,11,12). The number of thiol groups is 1. The number of hydrogen-bond acceptors (Lipinski definition) is 3. The number of carbonyl (C=O) groups is 2. The monoisotopic (exact) mass is 202 g/mol. The Morgan fingerprint density at radius 3 is 2.77 bits per heavy atom. The highest BCUT2D eigenvalue weighted by Gasteiger charge is 2.36. The summed E-state index contributed by atoms with van der Waals surface area (Å²) in [5.74, 6) is 0.164. The molecule has 5 heteroatoms. The van der Waals surface area contributed by atoms with E-state index in [1.165, 1.54) is 0 Å². The molecule has 0 spiro atoms. The minimum atomic E-state index is -0.373. The summed E-state index contributed by atoms with van der Waals surface area (Å²) in [5, 5.41) is 2.28. The molecule has 13 heavy (non-hydrogen) atoms. The van der Waals surface area contributed by atoms with Crippen LogP contribution < -0.4 is 5.32 Å². The molecule has 0 aromatic carbocycles. The molecular weight excluding hydrogens is 188 g/mol. The number of amides is 3. The zero-order valence-corrected chi connectivity index (χ0v) is 8.51. The number of imide groups is 1. The van der Waals surface area contributed by atoms with E-state index in [2.05, 4.69) is 17.9 Å². The van der Waals surface area contributed by atoms with Gasteiger partial charge in [-0.15, -0.1) is 0 Å². The first-order valence-electron chi connectivity index (χ1n) is 4.43. The number of unbranched alkanes of at least 4 members (excludes halogenated alkanes) is 1. The Morgan fingerprint density at radius 1 is 1.54 bits per heavy atom. The average molecular weight is 202 g/mol. The van der Waals surface area contributed by atoms with Crippen molar-refractivity contribution in [1.29, 1.82) is 0 Å². The number of urea groups is 1. The highest BCUT2D eigenvalue weighted by Crippen LogP contribution is 2.10. The van der Waals surface area contributed by atoms with E-state index < -0.39 is 0 Å². The van der Waals surface area contributed by atoms with Crippen LogP contribution in [0.25, 0.3) is 0 Å². The summed E-state index contributed by atoms with van der Waals surface area (Å²) in [6.07, 6.45) is 1.93. The van der Waals surface area contributed by atoms with Crippen molar-refractivity contribution in [3.8, 4) is 0 Å². The van der Waals surface area contributed by atoms with Gasteiger partial charge in [-0.25, -0.2) is 4.79 Å². The van der Waals surface area contributed by atoms with Crippen LogP contribution in [-0.4, -0.2) is 35.2 Å². The fraction of sp³-hybridized carbons (Fsp3) is 0.750. The molecule has 3 amide bonds. The van der Waals surface area contributed by atoms with Gasteiger partial charge in [-0.1, -0.05) is 13.3 Å². The van der Waals surface area contributed by atoms with Gasteiger partial charge in [-0.05, 0) is 6.42 Å². The lowest BCUT2D eigenvalue weighted by Gasteiger charge is -2.19. The summed E-state index contributed by atoms with van der Waals surface area (Å²) < 4.78 is 0. The third-order valence-corrected chi connectivity index (χ3v) is 2.44. The van der Waals surface area contributed by atoms with Crippen molar-refractivity contribution < 1.29 is 9.59 Å². The summed E-state index contributed by atoms with van der Waals surface area (Å²) in [6, 6.07) is -0.653. The summed E-state index contributed by atoms with van der Waals surface area (Å²) in [7, 11) is 0. The molecule has 1 unspecified atom stereocenters. The van der Waals surface area contributed by atoms with Gasteiger partial charge in [0.15, 0.2) is 0 Å². The SMILES string of the molecule is CCCCN1C(=O)NC(=O)C1CS. The smallest absolute Gasteiger partial charge is 0.312 e. The zero-order valence-electron chi connectivity index (χ0n) is 7.62. The fourth-order valence-electron chi connectivity index (χ4n) is 1.31. The lowest BCUT2D eigenvalue weighted by Crippen LogP contribution is -2.37. The molecule has 1 heterocycles. The normalized spacial score (nSPS) is 22.3. The van der Waals surface area contributed by atoms with Crippen molar-refractivity contribution in [2.45, 2.75) is 25.8 Å². The quantitative estimate of drug-likeness (QED) is 0.519. The van der Waals surface area contributed by atoms with E-state index in [9.17, 15) is 9.59 Å². The lowest BCUT2D eigenvalue weighted by atomic mass is 10.2. The Morgan fingerprint density at radius 2 is 2.23 bits per heavy atom. The Hall–Kier alpha value is -0.710. The molecule has 0 aromatic heterocycles. The van der Waals surface area contributed by atoms with Crippen LogP contribution in [-0.2, 0) is 4.79 Å². The second-order valence-corrected chi connectivity index (χ2v) is 3.40. The predicted molar refractivity (Wildman–Crippen MR) is 52.8 cm³/mol. The molecule has 1 aliphatic rings. The van der Waals surface area contributed by atoms with Gasteiger partial charge in [-0.2, -0.15) is 12.6 Å². The molecule has 74 valence electrons. The number of nitrogens with zero attached hydrogens (tertiary/aromatic N) is 1. The maximum atomic E-state index is 11.2. The summed E-state index contributed by atoms with van der Waals surface area (Å²) in [4.78, 5) is 23.9. The first kappa shape index (κ1) is 10.4. The highest BCUT2D eigenvalue weighted by atomic mass is 32.1. The van der Waals surface area contributed by atoms with Gasteiger partial charge in [-0.3, -0.25) is 10.1 Å². The second kappa shape index (κ2) is 4.50. The van der Waals surface area contributed by atoms with Gasteiger partial charge in [0, 0.05) is 12.3 Å². The fourth-order valence-corrected chi connectivity index (χ4v) is 1.67. The maximum Gasteiger partial charge on any atom is 0.324 e. The van der Waals surface area contributed by atoms with Gasteiger partial charge in [0.05, 0.1) is 0 Å². The largest absolute Gasteiger partial charge is 0.324 e. The van der Waals surface area contributed by atoms with Crippen LogP contribution in [0.4, 0.5) is 4.79 Å². The van der Waals surface area contributed by atoms with Gasteiger partial charge < -0.3 is 4.90 Å². The number of rotatable bonds is 4. The second-order valence-electron chi connectivity index (χ2n) is 3.04. The van der Waals surface area contributed by atoms with E-state index in [0.717, 1.165) is 12.8 Å². The minimum Gasteiger partial charge on any atom is -0.312 e. The van der Waals surface area contributed by atoms with Gasteiger partial charge in [0.1, 0.15) is 6.04 Å². The Kier molecular flexibility index (Phi) is 3.59. The van der Waals surface area contributed by atoms with E-state index in [-0.39, 0.29) is 18.0 Å². The molecule has 1 fully saturated rings. The summed E-state index contributed by atoms with van der Waals surface area (Å²) in [6.45, 7) is 2.69. The van der Waals surface area contributed by atoms with Crippen molar-refractivity contribution in [2.75, 3.05) is 12.3 Å². The van der Waals surface area contributed by atoms with Crippen LogP contribution in [0, 0.1) is 0 Å². The number of carbonyl (C=O) groups excluding carboxylic acids is 2. The third-order valence-electron chi connectivity index (χ3n) is 2.10. The van der Waals surface area contributed by atoms with Crippen LogP contribution in [0.3, 0.4) is 0 Å². The van der Waals surface area contributed by atoms with E-state index >= 15 is 0 Å². The average Bonchev–Trinajstić information content (AvgIpc) is 2.37. The molecule has 0 bridgehead atoms. The minimum absolute atomic E-state index is 0.226. The molecule has 1 rings (SSSR count). The lowest BCUT2D eigenvalue weighted by molar-refractivity contribution is -0.120. The van der Waals surface area contributed by atoms with E-state index in [4.69, 9.17) is 0 Å². The van der Waals surface area contributed by atoms with Gasteiger partial charge in [0.2, 0.25) is 0 Å². The molecule has 0 aromatic rings. The molecule has 1 atom stereocenters. The van der Waals surface area contributed by atoms with Crippen LogP contribution in [0.2, 0.25) is 0 Å². The Bertz CT molecular complexity index is 220. The molecule has 0 saturated carbocycles. The number of hydrogen-bond donors (Lipinski definition) is 2. The summed E-state index contributed by atoms with van der Waals surface area (Å²) >= 11 is 4.04. The molecule has 1 aliphatic heterocycles.